The lowest BCUT2D eigenvalue weighted by Crippen LogP contribution is -2.21. The third-order valence-electron chi connectivity index (χ3n) is 1.60. The normalized spacial score (nSPS) is 10.9. The number of nitrogens with two attached hydrogens (primary N) is 2. The van der Waals surface area contributed by atoms with Gasteiger partial charge in [0.2, 0.25) is 11.8 Å². The van der Waals surface area contributed by atoms with Crippen molar-refractivity contribution < 1.29 is 22.0 Å². The molecule has 0 aromatic heterocycles. The first-order valence-electron chi connectivity index (χ1n) is 3.99. The van der Waals surface area contributed by atoms with Crippen LogP contribution in [0.3, 0.4) is 0 Å². The monoisotopic (exact) mass is 252 g/mol. The summed E-state index contributed by atoms with van der Waals surface area (Å²) in [5.41, 5.74) is 8.44. The van der Waals surface area contributed by atoms with Crippen LogP contribution in [0.1, 0.15) is 5.56 Å². The molecule has 0 fully saturated rings. The van der Waals surface area contributed by atoms with Gasteiger partial charge in [-0.15, -0.1) is 5.10 Å². The van der Waals surface area contributed by atoms with E-state index >= 15 is 0 Å². The molecule has 4 nitrogen and oxygen atoms in total. The van der Waals surface area contributed by atoms with E-state index in [2.05, 4.69) is 10.2 Å². The van der Waals surface area contributed by atoms with Crippen LogP contribution in [0.15, 0.2) is 10.2 Å². The molecule has 9 heteroatoms. The van der Waals surface area contributed by atoms with Crippen molar-refractivity contribution in [3.63, 3.8) is 0 Å². The molecule has 0 saturated carbocycles. The fourth-order valence-electron chi connectivity index (χ4n) is 0.888. The first-order valence-corrected chi connectivity index (χ1v) is 3.99. The van der Waals surface area contributed by atoms with Crippen molar-refractivity contribution in [1.82, 2.24) is 0 Å². The summed E-state index contributed by atoms with van der Waals surface area (Å²) in [6, 6.07) is 0. The van der Waals surface area contributed by atoms with Crippen molar-refractivity contribution in [2.24, 2.45) is 21.7 Å². The van der Waals surface area contributed by atoms with E-state index in [1.54, 1.807) is 0 Å². The Labute approximate surface area is 91.4 Å². The highest BCUT2D eigenvalue weighted by Crippen LogP contribution is 2.21. The Morgan fingerprint density at radius 2 is 1.24 bits per heavy atom. The van der Waals surface area contributed by atoms with E-state index in [0.717, 1.165) is 0 Å². The first kappa shape index (κ1) is 12.9. The summed E-state index contributed by atoms with van der Waals surface area (Å²) in [6.45, 7) is 0. The van der Waals surface area contributed by atoms with Crippen molar-refractivity contribution in [3.05, 3.63) is 34.6 Å². The quantitative estimate of drug-likeness (QED) is 0.205. The fraction of sp³-hybridized carbons (Fsp3) is 0. The summed E-state index contributed by atoms with van der Waals surface area (Å²) in [6.07, 6.45) is 0.315. The molecule has 0 saturated heterocycles. The Hall–Kier alpha value is -2.19. The second-order valence-electron chi connectivity index (χ2n) is 2.75. The van der Waals surface area contributed by atoms with Crippen LogP contribution < -0.4 is 11.5 Å². The Morgan fingerprint density at radius 3 is 1.65 bits per heavy atom. The predicted molar refractivity (Wildman–Crippen MR) is 49.6 cm³/mol. The van der Waals surface area contributed by atoms with E-state index in [-0.39, 0.29) is 0 Å². The van der Waals surface area contributed by atoms with Crippen LogP contribution in [0, 0.1) is 29.1 Å². The minimum Gasteiger partial charge on any atom is -0.369 e. The van der Waals surface area contributed by atoms with Crippen LogP contribution in [0.2, 0.25) is 0 Å². The zero-order chi connectivity index (χ0) is 13.2. The van der Waals surface area contributed by atoms with Crippen LogP contribution in [-0.4, -0.2) is 12.2 Å². The maximum Gasteiger partial charge on any atom is 0.211 e. The summed E-state index contributed by atoms with van der Waals surface area (Å²) in [7, 11) is 0. The second kappa shape index (κ2) is 4.76. The third kappa shape index (κ3) is 2.49. The van der Waals surface area contributed by atoms with Crippen LogP contribution >= 0.6 is 0 Å². The molecule has 0 aliphatic heterocycles. The maximum absolute atomic E-state index is 13.0. The van der Waals surface area contributed by atoms with Crippen molar-refractivity contribution in [1.29, 1.82) is 0 Å². The number of nitrogens with zero attached hydrogens (tertiary/aromatic N) is 2. The van der Waals surface area contributed by atoms with E-state index in [4.69, 9.17) is 11.5 Å². The lowest BCUT2D eigenvalue weighted by molar-refractivity contribution is 0.377. The zero-order valence-electron chi connectivity index (χ0n) is 8.02. The molecule has 0 amide bonds. The minimum absolute atomic E-state index is 0.315. The van der Waals surface area contributed by atoms with E-state index in [9.17, 15) is 22.0 Å². The Balaban J connectivity index is 3.35. The maximum atomic E-state index is 13.0. The first-order chi connectivity index (χ1) is 7.86. The topological polar surface area (TPSA) is 76.8 Å². The molecule has 92 valence electrons. The van der Waals surface area contributed by atoms with Crippen molar-refractivity contribution in [3.8, 4) is 0 Å². The van der Waals surface area contributed by atoms with Gasteiger partial charge in [0.05, 0.1) is 11.8 Å². The summed E-state index contributed by atoms with van der Waals surface area (Å²) < 4.78 is 64.0. The lowest BCUT2D eigenvalue weighted by atomic mass is 10.2. The third-order valence-corrected chi connectivity index (χ3v) is 1.60. The lowest BCUT2D eigenvalue weighted by Gasteiger charge is -2.02. The van der Waals surface area contributed by atoms with Gasteiger partial charge in [-0.25, -0.2) is 22.0 Å². The highest BCUT2D eigenvalue weighted by atomic mass is 19.2. The number of hydrogen-bond donors (Lipinski definition) is 2. The molecule has 1 rings (SSSR count). The number of rotatable bonds is 2. The van der Waals surface area contributed by atoms with Crippen LogP contribution in [0.5, 0.6) is 0 Å². The average Bonchev–Trinajstić information content (AvgIpc) is 2.28. The molecule has 0 atom stereocenters. The van der Waals surface area contributed by atoms with Gasteiger partial charge in [0.1, 0.15) is 0 Å². The Morgan fingerprint density at radius 1 is 0.824 bits per heavy atom. The average molecular weight is 252 g/mol. The smallest absolute Gasteiger partial charge is 0.211 e. The van der Waals surface area contributed by atoms with Gasteiger partial charge in [0, 0.05) is 0 Å². The molecule has 0 unspecified atom stereocenters. The molecule has 1 aromatic carbocycles. The molecule has 0 radical (unpaired) electrons. The van der Waals surface area contributed by atoms with Gasteiger partial charge in [-0.05, 0) is 0 Å². The molecule has 0 heterocycles. The Kier molecular flexibility index (Phi) is 3.61. The SMILES string of the molecule is NC(N)=N/N=C/c1c(F)c(F)c(F)c(F)c1F. The van der Waals surface area contributed by atoms with Gasteiger partial charge in [0.25, 0.3) is 0 Å². The molecule has 0 aliphatic rings. The highest BCUT2D eigenvalue weighted by molar-refractivity contribution is 5.82. The molecule has 0 spiro atoms. The molecule has 17 heavy (non-hydrogen) atoms. The fourth-order valence-corrected chi connectivity index (χ4v) is 0.888. The van der Waals surface area contributed by atoms with E-state index in [1.165, 1.54) is 0 Å². The van der Waals surface area contributed by atoms with E-state index in [0.29, 0.717) is 6.21 Å². The molecule has 0 aliphatic carbocycles. The molecular formula is C8H5F5N4. The van der Waals surface area contributed by atoms with Gasteiger partial charge in [-0.2, -0.15) is 5.10 Å². The van der Waals surface area contributed by atoms with Crippen molar-refractivity contribution in [2.45, 2.75) is 0 Å². The molecule has 1 aromatic rings. The molecule has 4 N–H and O–H groups in total. The van der Waals surface area contributed by atoms with Crippen molar-refractivity contribution in [2.75, 3.05) is 0 Å². The standard InChI is InChI=1S/C8H5F5N4/c9-3-2(1-16-17-8(14)15)4(10)6(12)7(13)5(3)11/h1H,(H4,14,15,17)/b16-1+. The van der Waals surface area contributed by atoms with Gasteiger partial charge in [-0.1, -0.05) is 0 Å². The van der Waals surface area contributed by atoms with Gasteiger partial charge in [-0.3, -0.25) is 0 Å². The number of halogens is 5. The van der Waals surface area contributed by atoms with Crippen LogP contribution in [0.4, 0.5) is 22.0 Å². The largest absolute Gasteiger partial charge is 0.369 e. The second-order valence-corrected chi connectivity index (χ2v) is 2.75. The summed E-state index contributed by atoms with van der Waals surface area (Å²) in [5.74, 6) is -11.0. The Bertz CT molecular complexity index is 478. The zero-order valence-corrected chi connectivity index (χ0v) is 8.02. The van der Waals surface area contributed by atoms with Crippen LogP contribution in [0.25, 0.3) is 0 Å². The van der Waals surface area contributed by atoms with E-state index in [1.807, 2.05) is 0 Å². The van der Waals surface area contributed by atoms with Gasteiger partial charge in [0.15, 0.2) is 23.3 Å². The van der Waals surface area contributed by atoms with Crippen molar-refractivity contribution >= 4 is 12.2 Å². The molecule has 0 bridgehead atoms. The summed E-state index contributed by atoms with van der Waals surface area (Å²) in [4.78, 5) is 0. The highest BCUT2D eigenvalue weighted by Gasteiger charge is 2.24. The van der Waals surface area contributed by atoms with Crippen LogP contribution in [-0.2, 0) is 0 Å². The summed E-state index contributed by atoms with van der Waals surface area (Å²) >= 11 is 0. The van der Waals surface area contributed by atoms with Gasteiger partial charge < -0.3 is 11.5 Å². The molecular weight excluding hydrogens is 247 g/mol. The number of hydrogen-bond acceptors (Lipinski definition) is 2. The predicted octanol–water partition coefficient (Wildman–Crippen LogP) is 0.989. The minimum atomic E-state index is -2.25. The number of guanidine groups is 1. The summed E-state index contributed by atoms with van der Waals surface area (Å²) in [5, 5.41) is 5.91. The van der Waals surface area contributed by atoms with E-state index < -0.39 is 40.6 Å². The number of benzene rings is 1. The van der Waals surface area contributed by atoms with Gasteiger partial charge >= 0.3 is 0 Å².